The molecule has 1 unspecified atom stereocenters. The standard InChI is InChI=1S/C18H17N3O2/c1-18(15-10-5-11-19-13-15)16(22)21(17(23)20-18)12-6-9-14-7-3-2-4-8-14/h2-11,13H,12H2,1H3,(H,20,23)/b9-6+. The molecule has 1 aromatic heterocycles. The summed E-state index contributed by atoms with van der Waals surface area (Å²) in [7, 11) is 0. The van der Waals surface area contributed by atoms with Gasteiger partial charge in [-0.25, -0.2) is 4.79 Å². The molecule has 0 bridgehead atoms. The second-order valence-electron chi connectivity index (χ2n) is 5.53. The van der Waals surface area contributed by atoms with E-state index >= 15 is 0 Å². The Morgan fingerprint density at radius 2 is 1.96 bits per heavy atom. The fourth-order valence-electron chi connectivity index (χ4n) is 2.58. The zero-order valence-corrected chi connectivity index (χ0v) is 12.8. The Labute approximate surface area is 134 Å². The van der Waals surface area contributed by atoms with Gasteiger partial charge >= 0.3 is 6.03 Å². The van der Waals surface area contributed by atoms with Crippen LogP contribution in [0.25, 0.3) is 6.08 Å². The molecule has 5 heteroatoms. The Hall–Kier alpha value is -2.95. The highest BCUT2D eigenvalue weighted by Crippen LogP contribution is 2.28. The van der Waals surface area contributed by atoms with Gasteiger partial charge in [-0.05, 0) is 18.6 Å². The number of rotatable bonds is 4. The summed E-state index contributed by atoms with van der Waals surface area (Å²) in [5, 5.41) is 2.76. The molecule has 116 valence electrons. The van der Waals surface area contributed by atoms with E-state index in [1.165, 1.54) is 4.90 Å². The molecule has 0 spiro atoms. The fraction of sp³-hybridized carbons (Fsp3) is 0.167. The van der Waals surface area contributed by atoms with E-state index in [1.54, 1.807) is 31.5 Å². The lowest BCUT2D eigenvalue weighted by atomic mass is 9.93. The number of benzene rings is 1. The Morgan fingerprint density at radius 1 is 1.17 bits per heavy atom. The van der Waals surface area contributed by atoms with E-state index < -0.39 is 5.54 Å². The first-order chi connectivity index (χ1) is 11.1. The number of carbonyl (C=O) groups excluding carboxylic acids is 2. The molecular weight excluding hydrogens is 290 g/mol. The van der Waals surface area contributed by atoms with Crippen molar-refractivity contribution in [2.45, 2.75) is 12.5 Å². The van der Waals surface area contributed by atoms with Crippen LogP contribution in [0.15, 0.2) is 60.9 Å². The normalized spacial score (nSPS) is 21.0. The number of carbonyl (C=O) groups is 2. The molecule has 1 fully saturated rings. The maximum absolute atomic E-state index is 12.7. The third-order valence-corrected chi connectivity index (χ3v) is 3.91. The van der Waals surface area contributed by atoms with E-state index in [4.69, 9.17) is 0 Å². The molecule has 3 amide bonds. The lowest BCUT2D eigenvalue weighted by Gasteiger charge is -2.21. The van der Waals surface area contributed by atoms with E-state index in [-0.39, 0.29) is 18.5 Å². The summed E-state index contributed by atoms with van der Waals surface area (Å²) in [5.74, 6) is -0.270. The molecule has 23 heavy (non-hydrogen) atoms. The van der Waals surface area contributed by atoms with Gasteiger partial charge in [-0.3, -0.25) is 14.7 Å². The zero-order chi connectivity index (χ0) is 16.3. The molecule has 0 aliphatic carbocycles. The quantitative estimate of drug-likeness (QED) is 0.883. The number of nitrogens with one attached hydrogen (secondary N) is 1. The van der Waals surface area contributed by atoms with Crippen molar-refractivity contribution in [1.29, 1.82) is 0 Å². The van der Waals surface area contributed by atoms with Crippen molar-refractivity contribution in [3.8, 4) is 0 Å². The van der Waals surface area contributed by atoms with Crippen LogP contribution >= 0.6 is 0 Å². The number of pyridine rings is 1. The van der Waals surface area contributed by atoms with E-state index in [0.717, 1.165) is 5.56 Å². The maximum Gasteiger partial charge on any atom is 0.325 e. The van der Waals surface area contributed by atoms with Crippen LogP contribution < -0.4 is 5.32 Å². The van der Waals surface area contributed by atoms with Crippen LogP contribution in [0.2, 0.25) is 0 Å². The largest absolute Gasteiger partial charge is 0.325 e. The van der Waals surface area contributed by atoms with Crippen molar-refractivity contribution in [3.05, 3.63) is 72.1 Å². The van der Waals surface area contributed by atoms with Gasteiger partial charge in [0.1, 0.15) is 5.54 Å². The van der Waals surface area contributed by atoms with E-state index in [2.05, 4.69) is 10.3 Å². The molecule has 0 radical (unpaired) electrons. The number of imide groups is 1. The monoisotopic (exact) mass is 307 g/mol. The minimum atomic E-state index is -1.06. The summed E-state index contributed by atoms with van der Waals surface area (Å²) in [6.45, 7) is 1.93. The molecule has 0 saturated carbocycles. The highest BCUT2D eigenvalue weighted by atomic mass is 16.2. The first-order valence-corrected chi connectivity index (χ1v) is 7.37. The molecule has 5 nitrogen and oxygen atoms in total. The summed E-state index contributed by atoms with van der Waals surface area (Å²) in [4.78, 5) is 30.1. The Kier molecular flexibility index (Phi) is 3.93. The maximum atomic E-state index is 12.7. The lowest BCUT2D eigenvalue weighted by Crippen LogP contribution is -2.41. The van der Waals surface area contributed by atoms with Gasteiger partial charge in [0.15, 0.2) is 0 Å². The highest BCUT2D eigenvalue weighted by Gasteiger charge is 2.48. The van der Waals surface area contributed by atoms with Crippen LogP contribution in [-0.2, 0) is 10.3 Å². The van der Waals surface area contributed by atoms with Gasteiger partial charge in [-0.15, -0.1) is 0 Å². The van der Waals surface area contributed by atoms with Crippen molar-refractivity contribution >= 4 is 18.0 Å². The smallest absolute Gasteiger partial charge is 0.319 e. The first-order valence-electron chi connectivity index (χ1n) is 7.37. The van der Waals surface area contributed by atoms with Crippen molar-refractivity contribution in [1.82, 2.24) is 15.2 Å². The number of aromatic nitrogens is 1. The van der Waals surface area contributed by atoms with Crippen LogP contribution in [0, 0.1) is 0 Å². The van der Waals surface area contributed by atoms with Crippen molar-refractivity contribution in [3.63, 3.8) is 0 Å². The molecule has 1 atom stereocenters. The van der Waals surface area contributed by atoms with Crippen molar-refractivity contribution < 1.29 is 9.59 Å². The van der Waals surface area contributed by atoms with Crippen molar-refractivity contribution in [2.24, 2.45) is 0 Å². The predicted molar refractivity (Wildman–Crippen MR) is 87.3 cm³/mol. The Balaban J connectivity index is 1.76. The average Bonchev–Trinajstić information content (AvgIpc) is 2.81. The second-order valence-corrected chi connectivity index (χ2v) is 5.53. The average molecular weight is 307 g/mol. The molecule has 3 rings (SSSR count). The van der Waals surface area contributed by atoms with Gasteiger partial charge in [0, 0.05) is 24.5 Å². The third-order valence-electron chi connectivity index (χ3n) is 3.91. The van der Waals surface area contributed by atoms with Crippen LogP contribution in [0.5, 0.6) is 0 Å². The van der Waals surface area contributed by atoms with E-state index in [0.29, 0.717) is 5.56 Å². The number of nitrogens with zero attached hydrogens (tertiary/aromatic N) is 2. The lowest BCUT2D eigenvalue weighted by molar-refractivity contribution is -0.130. The highest BCUT2D eigenvalue weighted by molar-refractivity contribution is 6.07. The molecular formula is C18H17N3O2. The van der Waals surface area contributed by atoms with Gasteiger partial charge in [-0.2, -0.15) is 0 Å². The zero-order valence-electron chi connectivity index (χ0n) is 12.8. The van der Waals surface area contributed by atoms with Gasteiger partial charge in [-0.1, -0.05) is 48.6 Å². The second kappa shape index (κ2) is 6.04. The molecule has 1 aliphatic rings. The van der Waals surface area contributed by atoms with E-state index in [9.17, 15) is 9.59 Å². The molecule has 1 aliphatic heterocycles. The molecule has 2 heterocycles. The first kappa shape index (κ1) is 15.0. The Morgan fingerprint density at radius 3 is 2.65 bits per heavy atom. The summed E-state index contributed by atoms with van der Waals surface area (Å²) >= 11 is 0. The van der Waals surface area contributed by atoms with Gasteiger partial charge < -0.3 is 5.32 Å². The third kappa shape index (κ3) is 2.85. The number of hydrogen-bond acceptors (Lipinski definition) is 3. The van der Waals surface area contributed by atoms with Crippen molar-refractivity contribution in [2.75, 3.05) is 6.54 Å². The number of hydrogen-bond donors (Lipinski definition) is 1. The summed E-state index contributed by atoms with van der Waals surface area (Å²) in [6.07, 6.45) is 6.93. The number of amides is 3. The molecule has 2 aromatic rings. The number of urea groups is 1. The molecule has 1 saturated heterocycles. The van der Waals surface area contributed by atoms with Gasteiger partial charge in [0.2, 0.25) is 0 Å². The minimum absolute atomic E-state index is 0.232. The van der Waals surface area contributed by atoms with Gasteiger partial charge in [0.25, 0.3) is 5.91 Å². The summed E-state index contributed by atoms with van der Waals surface area (Å²) < 4.78 is 0. The van der Waals surface area contributed by atoms with E-state index in [1.807, 2.05) is 42.5 Å². The van der Waals surface area contributed by atoms with Crippen LogP contribution in [0.1, 0.15) is 18.1 Å². The Bertz CT molecular complexity index is 743. The SMILES string of the molecule is CC1(c2cccnc2)NC(=O)N(C/C=C/c2ccccc2)C1=O. The fourth-order valence-corrected chi connectivity index (χ4v) is 2.58. The van der Waals surface area contributed by atoms with Crippen LogP contribution in [0.3, 0.4) is 0 Å². The topological polar surface area (TPSA) is 62.3 Å². The molecule has 1 aromatic carbocycles. The van der Waals surface area contributed by atoms with Crippen LogP contribution in [0.4, 0.5) is 4.79 Å². The summed E-state index contributed by atoms with van der Waals surface area (Å²) in [6, 6.07) is 12.9. The predicted octanol–water partition coefficient (Wildman–Crippen LogP) is 2.56. The summed E-state index contributed by atoms with van der Waals surface area (Å²) in [5.41, 5.74) is 0.633. The van der Waals surface area contributed by atoms with Crippen LogP contribution in [-0.4, -0.2) is 28.4 Å². The molecule has 1 N–H and O–H groups in total. The minimum Gasteiger partial charge on any atom is -0.319 e. The van der Waals surface area contributed by atoms with Gasteiger partial charge in [0.05, 0.1) is 0 Å².